The zero-order chi connectivity index (χ0) is 23.8. The van der Waals surface area contributed by atoms with Crippen LogP contribution in [0, 0.1) is 0 Å². The summed E-state index contributed by atoms with van der Waals surface area (Å²) in [6.07, 6.45) is -0.0529. The first kappa shape index (κ1) is 24.6. The summed E-state index contributed by atoms with van der Waals surface area (Å²) in [7, 11) is 0. The Hall–Kier alpha value is -3.04. The average molecular weight is 473 g/mol. The zero-order valence-electron chi connectivity index (χ0n) is 18.3. The molecule has 0 heterocycles. The van der Waals surface area contributed by atoms with E-state index in [1.807, 2.05) is 54.8 Å². The van der Waals surface area contributed by atoms with Gasteiger partial charge in [-0.2, -0.15) is 11.8 Å². The first-order valence-corrected chi connectivity index (χ1v) is 12.1. The van der Waals surface area contributed by atoms with Gasteiger partial charge in [-0.15, -0.1) is 0 Å². The number of fused-ring (bicyclic) bond motifs is 3. The molecule has 0 aromatic heterocycles. The van der Waals surface area contributed by atoms with Crippen LogP contribution >= 0.6 is 11.8 Å². The Balaban J connectivity index is 1.45. The first-order valence-electron chi connectivity index (χ1n) is 10.7. The molecule has 33 heavy (non-hydrogen) atoms. The Morgan fingerprint density at radius 3 is 2.24 bits per heavy atom. The van der Waals surface area contributed by atoms with E-state index in [0.29, 0.717) is 5.75 Å². The molecule has 0 radical (unpaired) electrons. The molecule has 0 fully saturated rings. The van der Waals surface area contributed by atoms with Crippen LogP contribution in [0.5, 0.6) is 0 Å². The van der Waals surface area contributed by atoms with Crippen LogP contribution in [0.1, 0.15) is 29.9 Å². The van der Waals surface area contributed by atoms with Gasteiger partial charge in [0.05, 0.1) is 12.5 Å². The van der Waals surface area contributed by atoms with Crippen LogP contribution in [0.15, 0.2) is 48.5 Å². The summed E-state index contributed by atoms with van der Waals surface area (Å²) in [6, 6.07) is 15.0. The predicted octanol–water partition coefficient (Wildman–Crippen LogP) is 2.60. The number of hydrogen-bond acceptors (Lipinski definition) is 6. The summed E-state index contributed by atoms with van der Waals surface area (Å²) >= 11 is 1.48. The maximum absolute atomic E-state index is 12.2. The standard InChI is InChI=1S/C24H28N2O6S/c1-33-11-10-21(23(29)30)26-22(28)12-15(27)13-25-24(31)32-14-20-18-8-4-2-6-16(18)17-7-3-5-9-19(17)20/h2-9,15,20-21,27H,10-14H2,1H3,(H,25,31)(H,26,28)(H,29,30). The van der Waals surface area contributed by atoms with E-state index in [4.69, 9.17) is 4.74 Å². The van der Waals surface area contributed by atoms with Crippen LogP contribution in [-0.4, -0.2) is 65.5 Å². The molecule has 2 amide bonds. The fraction of sp³-hybridized carbons (Fsp3) is 0.375. The van der Waals surface area contributed by atoms with Crippen molar-refractivity contribution < 1.29 is 29.3 Å². The smallest absolute Gasteiger partial charge is 0.407 e. The number of benzene rings is 2. The first-order chi connectivity index (χ1) is 15.9. The van der Waals surface area contributed by atoms with Crippen molar-refractivity contribution in [2.75, 3.05) is 25.2 Å². The Labute approximate surface area is 196 Å². The van der Waals surface area contributed by atoms with Crippen LogP contribution in [0.25, 0.3) is 11.1 Å². The van der Waals surface area contributed by atoms with E-state index in [1.54, 1.807) is 0 Å². The number of rotatable bonds is 11. The average Bonchev–Trinajstić information content (AvgIpc) is 3.12. The highest BCUT2D eigenvalue weighted by Crippen LogP contribution is 2.44. The van der Waals surface area contributed by atoms with Gasteiger partial charge in [0.15, 0.2) is 0 Å². The predicted molar refractivity (Wildman–Crippen MR) is 126 cm³/mol. The molecule has 2 aromatic carbocycles. The summed E-state index contributed by atoms with van der Waals surface area (Å²) in [5.74, 6) is -1.20. The summed E-state index contributed by atoms with van der Waals surface area (Å²) in [5.41, 5.74) is 4.44. The number of aliphatic hydroxyl groups excluding tert-OH is 1. The van der Waals surface area contributed by atoms with Gasteiger partial charge in [0.25, 0.3) is 0 Å². The van der Waals surface area contributed by atoms with Crippen molar-refractivity contribution >= 4 is 29.7 Å². The molecule has 4 N–H and O–H groups in total. The Kier molecular flexibility index (Phi) is 8.73. The lowest BCUT2D eigenvalue weighted by atomic mass is 9.98. The molecule has 2 aromatic rings. The quantitative estimate of drug-likeness (QED) is 0.396. The van der Waals surface area contributed by atoms with E-state index >= 15 is 0 Å². The number of carbonyl (C=O) groups excluding carboxylic acids is 2. The number of alkyl carbamates (subject to hydrolysis) is 1. The van der Waals surface area contributed by atoms with Crippen molar-refractivity contribution in [3.63, 3.8) is 0 Å². The topological polar surface area (TPSA) is 125 Å². The maximum atomic E-state index is 12.2. The summed E-state index contributed by atoms with van der Waals surface area (Å²) < 4.78 is 5.39. The highest BCUT2D eigenvalue weighted by Gasteiger charge is 2.29. The monoisotopic (exact) mass is 472 g/mol. The largest absolute Gasteiger partial charge is 0.480 e. The van der Waals surface area contributed by atoms with Crippen LogP contribution in [-0.2, 0) is 14.3 Å². The normalized spacial score (nSPS) is 14.0. The second-order valence-corrected chi connectivity index (χ2v) is 8.79. The van der Waals surface area contributed by atoms with Crippen molar-refractivity contribution in [3.8, 4) is 11.1 Å². The molecular weight excluding hydrogens is 444 g/mol. The molecule has 0 saturated heterocycles. The lowest BCUT2D eigenvalue weighted by Crippen LogP contribution is -2.43. The third-order valence-electron chi connectivity index (χ3n) is 5.49. The highest BCUT2D eigenvalue weighted by molar-refractivity contribution is 7.98. The molecule has 0 bridgehead atoms. The molecule has 0 spiro atoms. The van der Waals surface area contributed by atoms with Gasteiger partial charge in [-0.3, -0.25) is 4.79 Å². The van der Waals surface area contributed by atoms with Gasteiger partial charge in [0.2, 0.25) is 5.91 Å². The van der Waals surface area contributed by atoms with Crippen molar-refractivity contribution in [3.05, 3.63) is 59.7 Å². The fourth-order valence-electron chi connectivity index (χ4n) is 3.88. The van der Waals surface area contributed by atoms with Gasteiger partial charge in [0.1, 0.15) is 12.6 Å². The van der Waals surface area contributed by atoms with E-state index in [2.05, 4.69) is 10.6 Å². The van der Waals surface area contributed by atoms with Crippen molar-refractivity contribution in [1.82, 2.24) is 10.6 Å². The summed E-state index contributed by atoms with van der Waals surface area (Å²) in [6.45, 7) is -0.0428. The van der Waals surface area contributed by atoms with Gasteiger partial charge in [-0.05, 0) is 40.7 Å². The molecule has 0 aliphatic heterocycles. The molecule has 1 aliphatic carbocycles. The SMILES string of the molecule is CSCCC(NC(=O)CC(O)CNC(=O)OCC1c2ccccc2-c2ccccc21)C(=O)O. The van der Waals surface area contributed by atoms with Gasteiger partial charge < -0.3 is 25.6 Å². The molecule has 3 rings (SSSR count). The number of hydrogen-bond donors (Lipinski definition) is 4. The number of aliphatic hydroxyl groups is 1. The van der Waals surface area contributed by atoms with Crippen LogP contribution in [0.3, 0.4) is 0 Å². The second kappa shape index (κ2) is 11.7. The highest BCUT2D eigenvalue weighted by atomic mass is 32.2. The molecular formula is C24H28N2O6S. The van der Waals surface area contributed by atoms with Crippen LogP contribution < -0.4 is 10.6 Å². The number of ether oxygens (including phenoxy) is 1. The van der Waals surface area contributed by atoms with E-state index < -0.39 is 30.1 Å². The minimum atomic E-state index is -1.17. The number of amides is 2. The minimum Gasteiger partial charge on any atom is -0.480 e. The Bertz CT molecular complexity index is 953. The van der Waals surface area contributed by atoms with Crippen molar-refractivity contribution in [2.45, 2.75) is 30.9 Å². The van der Waals surface area contributed by atoms with Crippen molar-refractivity contribution in [2.24, 2.45) is 0 Å². The third-order valence-corrected chi connectivity index (χ3v) is 6.13. The molecule has 2 unspecified atom stereocenters. The van der Waals surface area contributed by atoms with E-state index in [-0.39, 0.29) is 31.9 Å². The number of carboxylic acid groups (broad SMARTS) is 1. The van der Waals surface area contributed by atoms with E-state index in [9.17, 15) is 24.6 Å². The Morgan fingerprint density at radius 2 is 1.67 bits per heavy atom. The third kappa shape index (κ3) is 6.49. The minimum absolute atomic E-state index is 0.0758. The van der Waals surface area contributed by atoms with Crippen LogP contribution in [0.4, 0.5) is 4.79 Å². The summed E-state index contributed by atoms with van der Waals surface area (Å²) in [5, 5.41) is 24.1. The van der Waals surface area contributed by atoms with E-state index in [0.717, 1.165) is 22.3 Å². The van der Waals surface area contributed by atoms with Gasteiger partial charge >= 0.3 is 12.1 Å². The molecule has 2 atom stereocenters. The lowest BCUT2D eigenvalue weighted by molar-refractivity contribution is -0.142. The Morgan fingerprint density at radius 1 is 1.06 bits per heavy atom. The number of carbonyl (C=O) groups is 3. The zero-order valence-corrected chi connectivity index (χ0v) is 19.1. The fourth-order valence-corrected chi connectivity index (χ4v) is 4.35. The van der Waals surface area contributed by atoms with E-state index in [1.165, 1.54) is 11.8 Å². The number of nitrogens with one attached hydrogen (secondary N) is 2. The molecule has 1 aliphatic rings. The number of aliphatic carboxylic acids is 1. The van der Waals surface area contributed by atoms with Crippen LogP contribution in [0.2, 0.25) is 0 Å². The molecule has 8 nitrogen and oxygen atoms in total. The number of thioether (sulfide) groups is 1. The summed E-state index contributed by atoms with van der Waals surface area (Å²) in [4.78, 5) is 35.4. The maximum Gasteiger partial charge on any atom is 0.407 e. The molecule has 9 heteroatoms. The van der Waals surface area contributed by atoms with Gasteiger partial charge in [-0.1, -0.05) is 48.5 Å². The van der Waals surface area contributed by atoms with Gasteiger partial charge in [-0.25, -0.2) is 9.59 Å². The number of carboxylic acids is 1. The van der Waals surface area contributed by atoms with Crippen molar-refractivity contribution in [1.29, 1.82) is 0 Å². The molecule has 0 saturated carbocycles. The lowest BCUT2D eigenvalue weighted by Gasteiger charge is -2.17. The second-order valence-electron chi connectivity index (χ2n) is 7.80. The molecule has 176 valence electrons. The van der Waals surface area contributed by atoms with Gasteiger partial charge in [0, 0.05) is 12.5 Å².